The first-order chi connectivity index (χ1) is 9.23. The Labute approximate surface area is 127 Å². The lowest BCUT2D eigenvalue weighted by Crippen LogP contribution is -2.46. The summed E-state index contributed by atoms with van der Waals surface area (Å²) in [6.45, 7) is 5.17. The van der Waals surface area contributed by atoms with E-state index in [4.69, 9.17) is 28.3 Å². The molecular weight excluding hydrogens is 303 g/mol. The molecule has 1 atom stereocenters. The minimum absolute atomic E-state index is 0.248. The number of hydrogen-bond donors (Lipinski definition) is 3. The molecule has 0 saturated carbocycles. The Morgan fingerprint density at radius 1 is 1.25 bits per heavy atom. The van der Waals surface area contributed by atoms with E-state index in [-0.39, 0.29) is 16.6 Å². The first kappa shape index (κ1) is 16.6. The minimum atomic E-state index is -1.10. The van der Waals surface area contributed by atoms with Gasteiger partial charge < -0.3 is 15.7 Å². The van der Waals surface area contributed by atoms with Crippen molar-refractivity contribution in [1.82, 2.24) is 5.32 Å². The van der Waals surface area contributed by atoms with Crippen LogP contribution in [-0.4, -0.2) is 23.1 Å². The van der Waals surface area contributed by atoms with Gasteiger partial charge in [0.05, 0.1) is 15.7 Å². The topological polar surface area (TPSA) is 78.4 Å². The summed E-state index contributed by atoms with van der Waals surface area (Å²) in [5.41, 5.74) is 1.02. The molecule has 2 amide bonds. The Morgan fingerprint density at radius 3 is 2.35 bits per heavy atom. The lowest BCUT2D eigenvalue weighted by atomic mass is 10.1. The number of aryl methyl sites for hydroxylation is 1. The van der Waals surface area contributed by atoms with Crippen LogP contribution in [0.2, 0.25) is 10.0 Å². The minimum Gasteiger partial charge on any atom is -0.480 e. The molecule has 1 aromatic carbocycles. The van der Waals surface area contributed by atoms with Crippen LogP contribution in [-0.2, 0) is 4.79 Å². The average Bonchev–Trinajstić information content (AvgIpc) is 2.35. The van der Waals surface area contributed by atoms with Gasteiger partial charge >= 0.3 is 12.0 Å². The zero-order chi connectivity index (χ0) is 15.4. The molecule has 0 heterocycles. The molecule has 0 aliphatic carbocycles. The van der Waals surface area contributed by atoms with Gasteiger partial charge in [0.25, 0.3) is 0 Å². The molecule has 3 N–H and O–H groups in total. The second-order valence-corrected chi connectivity index (χ2v) is 5.50. The predicted octanol–water partition coefficient (Wildman–Crippen LogP) is 3.53. The van der Waals surface area contributed by atoms with Gasteiger partial charge in [0.15, 0.2) is 0 Å². The number of urea groups is 1. The van der Waals surface area contributed by atoms with E-state index in [9.17, 15) is 9.59 Å². The molecule has 0 aliphatic rings. The first-order valence-corrected chi connectivity index (χ1v) is 6.74. The van der Waals surface area contributed by atoms with Crippen molar-refractivity contribution >= 4 is 40.9 Å². The van der Waals surface area contributed by atoms with E-state index in [0.717, 1.165) is 5.56 Å². The van der Waals surface area contributed by atoms with E-state index in [2.05, 4.69) is 10.6 Å². The van der Waals surface area contributed by atoms with E-state index in [1.165, 1.54) is 0 Å². The maximum atomic E-state index is 11.8. The summed E-state index contributed by atoms with van der Waals surface area (Å²) in [7, 11) is 0. The van der Waals surface area contributed by atoms with Crippen molar-refractivity contribution < 1.29 is 14.7 Å². The normalized spacial score (nSPS) is 12.1. The van der Waals surface area contributed by atoms with Gasteiger partial charge in [-0.15, -0.1) is 0 Å². The Balaban J connectivity index is 2.87. The van der Waals surface area contributed by atoms with Crippen LogP contribution in [0.5, 0.6) is 0 Å². The highest BCUT2D eigenvalue weighted by Crippen LogP contribution is 2.32. The van der Waals surface area contributed by atoms with Crippen molar-refractivity contribution in [3.8, 4) is 0 Å². The fourth-order valence-corrected chi connectivity index (χ4v) is 2.04. The van der Waals surface area contributed by atoms with Gasteiger partial charge in [-0.25, -0.2) is 9.59 Å². The Kier molecular flexibility index (Phi) is 5.65. The monoisotopic (exact) mass is 318 g/mol. The van der Waals surface area contributed by atoms with Crippen molar-refractivity contribution in [2.75, 3.05) is 5.32 Å². The number of carboxylic acid groups (broad SMARTS) is 1. The number of amides is 2. The summed E-state index contributed by atoms with van der Waals surface area (Å²) < 4.78 is 0. The summed E-state index contributed by atoms with van der Waals surface area (Å²) >= 11 is 12.0. The van der Waals surface area contributed by atoms with Crippen LogP contribution >= 0.6 is 23.2 Å². The molecule has 20 heavy (non-hydrogen) atoms. The summed E-state index contributed by atoms with van der Waals surface area (Å²) in [5.74, 6) is -1.35. The number of carbonyl (C=O) groups is 2. The zero-order valence-electron chi connectivity index (χ0n) is 11.3. The maximum absolute atomic E-state index is 11.8. The summed E-state index contributed by atoms with van der Waals surface area (Å²) in [5, 5.41) is 14.5. The lowest BCUT2D eigenvalue weighted by Gasteiger charge is -2.19. The lowest BCUT2D eigenvalue weighted by molar-refractivity contribution is -0.140. The standard InChI is InChI=1S/C13H16Cl2N2O3/c1-6(2)10(12(18)19)16-13(20)17-11-8(14)5-4-7(3)9(11)15/h4-6,10H,1-3H3,(H,18,19)(H2,16,17,20). The highest BCUT2D eigenvalue weighted by molar-refractivity contribution is 6.40. The average molecular weight is 319 g/mol. The van der Waals surface area contributed by atoms with E-state index in [1.807, 2.05) is 0 Å². The van der Waals surface area contributed by atoms with Crippen LogP contribution in [0.15, 0.2) is 12.1 Å². The molecule has 0 aromatic heterocycles. The second kappa shape index (κ2) is 6.81. The molecule has 0 fully saturated rings. The highest BCUT2D eigenvalue weighted by atomic mass is 35.5. The van der Waals surface area contributed by atoms with Crippen LogP contribution in [0.1, 0.15) is 19.4 Å². The smallest absolute Gasteiger partial charge is 0.326 e. The van der Waals surface area contributed by atoms with Gasteiger partial charge in [-0.1, -0.05) is 43.1 Å². The van der Waals surface area contributed by atoms with Crippen LogP contribution in [0, 0.1) is 12.8 Å². The number of halogens is 2. The predicted molar refractivity (Wildman–Crippen MR) is 79.6 cm³/mol. The number of aliphatic carboxylic acids is 1. The van der Waals surface area contributed by atoms with Crippen molar-refractivity contribution in [2.45, 2.75) is 26.8 Å². The van der Waals surface area contributed by atoms with Crippen LogP contribution in [0.25, 0.3) is 0 Å². The second-order valence-electron chi connectivity index (χ2n) is 4.71. The summed E-state index contributed by atoms with van der Waals surface area (Å²) in [6.07, 6.45) is 0. The van der Waals surface area contributed by atoms with Crippen LogP contribution in [0.3, 0.4) is 0 Å². The number of hydrogen-bond acceptors (Lipinski definition) is 2. The van der Waals surface area contributed by atoms with E-state index in [0.29, 0.717) is 5.02 Å². The van der Waals surface area contributed by atoms with Gasteiger partial charge in [-0.3, -0.25) is 0 Å². The molecule has 0 bridgehead atoms. The zero-order valence-corrected chi connectivity index (χ0v) is 12.8. The highest BCUT2D eigenvalue weighted by Gasteiger charge is 2.24. The summed E-state index contributed by atoms with van der Waals surface area (Å²) in [6, 6.07) is 1.68. The van der Waals surface area contributed by atoms with Gasteiger partial charge in [0.1, 0.15) is 6.04 Å². The largest absolute Gasteiger partial charge is 0.480 e. The van der Waals surface area contributed by atoms with Crippen molar-refractivity contribution in [2.24, 2.45) is 5.92 Å². The van der Waals surface area contributed by atoms with Gasteiger partial charge in [-0.05, 0) is 24.5 Å². The van der Waals surface area contributed by atoms with Crippen molar-refractivity contribution in [3.63, 3.8) is 0 Å². The Hall–Kier alpha value is -1.46. The molecule has 7 heteroatoms. The molecule has 0 saturated heterocycles. The van der Waals surface area contributed by atoms with E-state index >= 15 is 0 Å². The number of anilines is 1. The van der Waals surface area contributed by atoms with Gasteiger partial charge in [0, 0.05) is 0 Å². The number of benzene rings is 1. The van der Waals surface area contributed by atoms with Crippen LogP contribution < -0.4 is 10.6 Å². The third kappa shape index (κ3) is 4.02. The third-order valence-corrected chi connectivity index (χ3v) is 3.54. The molecule has 5 nitrogen and oxygen atoms in total. The Bertz CT molecular complexity index is 533. The molecule has 0 radical (unpaired) electrons. The van der Waals surface area contributed by atoms with Gasteiger partial charge in [-0.2, -0.15) is 0 Å². The molecule has 1 aromatic rings. The molecule has 0 spiro atoms. The SMILES string of the molecule is Cc1ccc(Cl)c(NC(=O)NC(C(=O)O)C(C)C)c1Cl. The van der Waals surface area contributed by atoms with Crippen molar-refractivity contribution in [3.05, 3.63) is 27.7 Å². The fraction of sp³-hybridized carbons (Fsp3) is 0.385. The Morgan fingerprint density at radius 2 is 1.85 bits per heavy atom. The third-order valence-electron chi connectivity index (χ3n) is 2.74. The fourth-order valence-electron chi connectivity index (χ4n) is 1.58. The number of carbonyl (C=O) groups excluding carboxylic acids is 1. The number of carboxylic acids is 1. The maximum Gasteiger partial charge on any atom is 0.326 e. The quantitative estimate of drug-likeness (QED) is 0.794. The van der Waals surface area contributed by atoms with Crippen molar-refractivity contribution in [1.29, 1.82) is 0 Å². The molecule has 0 aliphatic heterocycles. The van der Waals surface area contributed by atoms with Crippen LogP contribution in [0.4, 0.5) is 10.5 Å². The molecule has 1 unspecified atom stereocenters. The first-order valence-electron chi connectivity index (χ1n) is 5.99. The summed E-state index contributed by atoms with van der Waals surface area (Å²) in [4.78, 5) is 22.9. The van der Waals surface area contributed by atoms with E-state index < -0.39 is 18.0 Å². The van der Waals surface area contributed by atoms with Gasteiger partial charge in [0.2, 0.25) is 0 Å². The molecule has 110 valence electrons. The number of rotatable bonds is 4. The molecular formula is C13H16Cl2N2O3. The molecule has 1 rings (SSSR count). The number of nitrogens with one attached hydrogen (secondary N) is 2. The van der Waals surface area contributed by atoms with E-state index in [1.54, 1.807) is 32.9 Å².